The van der Waals surface area contributed by atoms with Gasteiger partial charge in [-0.05, 0) is 20.1 Å². The normalized spacial score (nSPS) is 11.8. The molecule has 24 heavy (non-hydrogen) atoms. The summed E-state index contributed by atoms with van der Waals surface area (Å²) in [6, 6.07) is 10.3. The van der Waals surface area contributed by atoms with Gasteiger partial charge in [0.15, 0.2) is 5.96 Å². The van der Waals surface area contributed by atoms with Gasteiger partial charge in [0.25, 0.3) is 0 Å². The van der Waals surface area contributed by atoms with Gasteiger partial charge < -0.3 is 10.6 Å². The number of aliphatic imine (C=N–C) groups is 1. The topological polar surface area (TPSA) is 49.3 Å². The summed E-state index contributed by atoms with van der Waals surface area (Å²) in [5, 5.41) is 9.83. The first kappa shape index (κ1) is 21.2. The first-order chi connectivity index (χ1) is 11.0. The van der Waals surface area contributed by atoms with Crippen LogP contribution in [0.1, 0.15) is 19.5 Å². The maximum absolute atomic E-state index is 4.68. The highest BCUT2D eigenvalue weighted by atomic mass is 127. The fraction of sp³-hybridized carbons (Fsp3) is 0.412. The average Bonchev–Trinajstić information content (AvgIpc) is 3.05. The minimum absolute atomic E-state index is 0. The summed E-state index contributed by atoms with van der Waals surface area (Å²) in [5.74, 6) is 0.807. The largest absolute Gasteiger partial charge is 0.355 e. The molecular formula is C17H25IN4S2. The fourth-order valence-electron chi connectivity index (χ4n) is 1.87. The van der Waals surface area contributed by atoms with Crippen molar-refractivity contribution in [2.45, 2.75) is 25.1 Å². The molecule has 2 N–H and O–H groups in total. The molecule has 7 heteroatoms. The van der Waals surface area contributed by atoms with E-state index < -0.39 is 0 Å². The summed E-state index contributed by atoms with van der Waals surface area (Å²) in [4.78, 5) is 8.95. The Kier molecular flexibility index (Phi) is 9.07. The number of benzene rings is 1. The molecule has 0 bridgehead atoms. The maximum atomic E-state index is 4.68. The van der Waals surface area contributed by atoms with E-state index in [1.165, 1.54) is 0 Å². The number of halogens is 1. The van der Waals surface area contributed by atoms with E-state index in [2.05, 4.69) is 58.2 Å². The zero-order valence-corrected chi connectivity index (χ0v) is 18.5. The lowest BCUT2D eigenvalue weighted by molar-refractivity contribution is 0.663. The Morgan fingerprint density at radius 1 is 1.25 bits per heavy atom. The van der Waals surface area contributed by atoms with E-state index in [9.17, 15) is 0 Å². The molecule has 0 saturated carbocycles. The molecule has 0 aliphatic rings. The quantitative estimate of drug-likeness (QED) is 0.372. The van der Waals surface area contributed by atoms with Crippen molar-refractivity contribution < 1.29 is 0 Å². The summed E-state index contributed by atoms with van der Waals surface area (Å²) in [5.41, 5.74) is 2.19. The van der Waals surface area contributed by atoms with Crippen LogP contribution in [0, 0.1) is 0 Å². The Balaban J connectivity index is 0.00000288. The summed E-state index contributed by atoms with van der Waals surface area (Å²) in [6.07, 6.45) is 2.12. The van der Waals surface area contributed by atoms with Crippen molar-refractivity contribution in [3.8, 4) is 10.6 Å². The Morgan fingerprint density at radius 2 is 1.96 bits per heavy atom. The molecule has 0 radical (unpaired) electrons. The van der Waals surface area contributed by atoms with Gasteiger partial charge in [-0.25, -0.2) is 4.98 Å². The minimum Gasteiger partial charge on any atom is -0.355 e. The number of rotatable bonds is 6. The monoisotopic (exact) mass is 476 g/mol. The van der Waals surface area contributed by atoms with Gasteiger partial charge in [-0.3, -0.25) is 4.99 Å². The second-order valence-corrected chi connectivity index (χ2v) is 8.12. The molecule has 0 atom stereocenters. The predicted molar refractivity (Wildman–Crippen MR) is 119 cm³/mol. The third-order valence-corrected chi connectivity index (χ3v) is 5.66. The smallest absolute Gasteiger partial charge is 0.191 e. The van der Waals surface area contributed by atoms with E-state index >= 15 is 0 Å². The molecule has 2 aromatic rings. The van der Waals surface area contributed by atoms with Crippen LogP contribution >= 0.6 is 47.1 Å². The van der Waals surface area contributed by atoms with Gasteiger partial charge >= 0.3 is 0 Å². The van der Waals surface area contributed by atoms with Gasteiger partial charge in [-0.1, -0.05) is 30.3 Å². The van der Waals surface area contributed by atoms with Crippen molar-refractivity contribution in [3.63, 3.8) is 0 Å². The van der Waals surface area contributed by atoms with Crippen molar-refractivity contribution in [3.05, 3.63) is 41.4 Å². The molecule has 1 heterocycles. The van der Waals surface area contributed by atoms with E-state index in [0.29, 0.717) is 6.54 Å². The van der Waals surface area contributed by atoms with Crippen LogP contribution < -0.4 is 10.6 Å². The van der Waals surface area contributed by atoms with E-state index in [1.807, 2.05) is 30.0 Å². The molecule has 1 aromatic carbocycles. The lowest BCUT2D eigenvalue weighted by Crippen LogP contribution is -2.43. The molecule has 0 spiro atoms. The van der Waals surface area contributed by atoms with Crippen molar-refractivity contribution >= 4 is 53.0 Å². The highest BCUT2D eigenvalue weighted by Gasteiger charge is 2.16. The van der Waals surface area contributed by atoms with Crippen molar-refractivity contribution in [2.75, 3.05) is 19.8 Å². The third-order valence-electron chi connectivity index (χ3n) is 3.47. The summed E-state index contributed by atoms with van der Waals surface area (Å²) >= 11 is 3.51. The first-order valence-corrected chi connectivity index (χ1v) is 9.64. The standard InChI is InChI=1S/C17H24N4S2.HI/c1-17(2,22-4)12-20-16(18-3)19-10-14-11-23-15(21-14)13-8-6-5-7-9-13;/h5-9,11H,10,12H2,1-4H3,(H2,18,19,20);1H. The number of aromatic nitrogens is 1. The number of thioether (sulfide) groups is 1. The zero-order chi connectivity index (χ0) is 16.7. The number of guanidine groups is 1. The highest BCUT2D eigenvalue weighted by molar-refractivity contribution is 14.0. The zero-order valence-electron chi connectivity index (χ0n) is 14.5. The molecule has 0 unspecified atom stereocenters. The van der Waals surface area contributed by atoms with Crippen LogP contribution in [0.25, 0.3) is 10.6 Å². The minimum atomic E-state index is 0. The molecule has 132 valence electrons. The molecule has 0 fully saturated rings. The molecule has 2 rings (SSSR count). The van der Waals surface area contributed by atoms with Crippen molar-refractivity contribution in [1.82, 2.24) is 15.6 Å². The van der Waals surface area contributed by atoms with Crippen LogP contribution in [0.3, 0.4) is 0 Å². The summed E-state index contributed by atoms with van der Waals surface area (Å²) in [6.45, 7) is 5.96. The Bertz CT molecular complexity index is 641. The SMILES string of the molecule is CN=C(NCc1csc(-c2ccccc2)n1)NCC(C)(C)SC.I. The molecule has 4 nitrogen and oxygen atoms in total. The lowest BCUT2D eigenvalue weighted by Gasteiger charge is -2.23. The van der Waals surface area contributed by atoms with Crippen LogP contribution in [-0.2, 0) is 6.54 Å². The lowest BCUT2D eigenvalue weighted by atomic mass is 10.2. The van der Waals surface area contributed by atoms with Crippen molar-refractivity contribution in [1.29, 1.82) is 0 Å². The Morgan fingerprint density at radius 3 is 2.58 bits per heavy atom. The van der Waals surface area contributed by atoms with Gasteiger partial charge in [0, 0.05) is 29.3 Å². The highest BCUT2D eigenvalue weighted by Crippen LogP contribution is 2.23. The van der Waals surface area contributed by atoms with Crippen molar-refractivity contribution in [2.24, 2.45) is 4.99 Å². The van der Waals surface area contributed by atoms with Gasteiger partial charge in [-0.15, -0.1) is 35.3 Å². The first-order valence-electron chi connectivity index (χ1n) is 7.53. The second kappa shape index (κ2) is 10.2. The predicted octanol–water partition coefficient (Wildman–Crippen LogP) is 4.23. The molecule has 0 aliphatic heterocycles. The number of nitrogens with one attached hydrogen (secondary N) is 2. The number of thiazole rings is 1. The van der Waals surface area contributed by atoms with Crippen LogP contribution in [0.15, 0.2) is 40.7 Å². The third kappa shape index (κ3) is 6.60. The van der Waals surface area contributed by atoms with Gasteiger partial charge in [0.05, 0.1) is 12.2 Å². The molecule has 0 saturated heterocycles. The van der Waals surface area contributed by atoms with Crippen LogP contribution in [0.4, 0.5) is 0 Å². The number of hydrogen-bond acceptors (Lipinski definition) is 4. The van der Waals surface area contributed by atoms with Gasteiger partial charge in [0.1, 0.15) is 5.01 Å². The van der Waals surface area contributed by atoms with Gasteiger partial charge in [0.2, 0.25) is 0 Å². The fourth-order valence-corrected chi connectivity index (χ4v) is 2.91. The Labute approximate surface area is 170 Å². The van der Waals surface area contributed by atoms with Crippen LogP contribution in [0.2, 0.25) is 0 Å². The second-order valence-electron chi connectivity index (χ2n) is 5.75. The molecule has 0 amide bonds. The van der Waals surface area contributed by atoms with Gasteiger partial charge in [-0.2, -0.15) is 11.8 Å². The van der Waals surface area contributed by atoms with E-state index in [4.69, 9.17) is 0 Å². The molecular weight excluding hydrogens is 451 g/mol. The van der Waals surface area contributed by atoms with Crippen LogP contribution in [-0.4, -0.2) is 35.5 Å². The average molecular weight is 476 g/mol. The Hall–Kier alpha value is -0.800. The molecule has 1 aromatic heterocycles. The maximum Gasteiger partial charge on any atom is 0.191 e. The van der Waals surface area contributed by atoms with E-state index in [-0.39, 0.29) is 28.7 Å². The number of hydrogen-bond donors (Lipinski definition) is 2. The summed E-state index contributed by atoms with van der Waals surface area (Å²) < 4.78 is 0.179. The number of nitrogens with zero attached hydrogens (tertiary/aromatic N) is 2. The van der Waals surface area contributed by atoms with E-state index in [1.54, 1.807) is 18.4 Å². The molecule has 0 aliphatic carbocycles. The van der Waals surface area contributed by atoms with Crippen LogP contribution in [0.5, 0.6) is 0 Å². The van der Waals surface area contributed by atoms with E-state index in [0.717, 1.165) is 28.8 Å². The summed E-state index contributed by atoms with van der Waals surface area (Å²) in [7, 11) is 1.79.